The summed E-state index contributed by atoms with van der Waals surface area (Å²) in [5.74, 6) is -3.23. The fourth-order valence-corrected chi connectivity index (χ4v) is 7.24. The summed E-state index contributed by atoms with van der Waals surface area (Å²) in [7, 11) is 0. The van der Waals surface area contributed by atoms with E-state index in [0.717, 1.165) is 57.6 Å². The zero-order chi connectivity index (χ0) is 45.0. The second-order valence-corrected chi connectivity index (χ2v) is 15.6. The van der Waals surface area contributed by atoms with E-state index in [1.54, 1.807) is 6.20 Å². The van der Waals surface area contributed by atoms with Crippen LogP contribution in [0, 0.1) is 0 Å². The molecule has 13 N–H and O–H groups in total. The first-order valence-electron chi connectivity index (χ1n) is 21.4. The minimum Gasteiger partial charge on any atom is -0.374 e. The molecule has 0 aliphatic rings. The number of H-pyrrole nitrogens is 1. The molecule has 5 amide bonds. The quantitative estimate of drug-likeness (QED) is 0.0224. The van der Waals surface area contributed by atoms with Gasteiger partial charge in [-0.1, -0.05) is 104 Å². The van der Waals surface area contributed by atoms with Crippen molar-refractivity contribution in [3.63, 3.8) is 0 Å². The molecule has 0 radical (unpaired) electrons. The summed E-state index contributed by atoms with van der Waals surface area (Å²) in [6.07, 6.45) is 5.59. The number of guanidine groups is 1. The summed E-state index contributed by atoms with van der Waals surface area (Å²) < 4.78 is 5.94. The lowest BCUT2D eigenvalue weighted by molar-refractivity contribution is -0.135. The van der Waals surface area contributed by atoms with Crippen LogP contribution in [0.3, 0.4) is 0 Å². The predicted octanol–water partition coefficient (Wildman–Crippen LogP) is 2.71. The van der Waals surface area contributed by atoms with Gasteiger partial charge in [0.25, 0.3) is 0 Å². The Bertz CT molecular complexity index is 2310. The van der Waals surface area contributed by atoms with Gasteiger partial charge in [0.05, 0.1) is 13.2 Å². The van der Waals surface area contributed by atoms with Crippen LogP contribution in [-0.4, -0.2) is 84.3 Å². The molecule has 0 spiro atoms. The van der Waals surface area contributed by atoms with Crippen molar-refractivity contribution < 1.29 is 28.7 Å². The maximum absolute atomic E-state index is 14.5. The van der Waals surface area contributed by atoms with Crippen molar-refractivity contribution >= 4 is 57.2 Å². The Morgan fingerprint density at radius 3 is 2.06 bits per heavy atom. The van der Waals surface area contributed by atoms with Crippen molar-refractivity contribution in [3.05, 3.63) is 120 Å². The Morgan fingerprint density at radius 2 is 1.30 bits per heavy atom. The third-order valence-electron chi connectivity index (χ3n) is 10.6. The Balaban J connectivity index is 1.38. The molecular weight excluding hydrogens is 801 g/mol. The second kappa shape index (κ2) is 24.6. The number of rotatable bonds is 26. The highest BCUT2D eigenvalue weighted by Crippen LogP contribution is 2.20. The lowest BCUT2D eigenvalue weighted by Crippen LogP contribution is -2.59. The van der Waals surface area contributed by atoms with Crippen molar-refractivity contribution in [2.75, 3.05) is 19.7 Å². The van der Waals surface area contributed by atoms with E-state index in [2.05, 4.69) is 31.2 Å². The Kier molecular flexibility index (Phi) is 18.5. The zero-order valence-corrected chi connectivity index (χ0v) is 35.5. The van der Waals surface area contributed by atoms with E-state index in [1.165, 1.54) is 0 Å². The topological polar surface area (TPSA) is 275 Å². The van der Waals surface area contributed by atoms with Gasteiger partial charge in [0.15, 0.2) is 5.96 Å². The van der Waals surface area contributed by atoms with Crippen LogP contribution in [0.2, 0.25) is 0 Å². The Morgan fingerprint density at radius 1 is 0.635 bits per heavy atom. The summed E-state index contributed by atoms with van der Waals surface area (Å²) in [6, 6.07) is 25.7. The summed E-state index contributed by atoms with van der Waals surface area (Å²) >= 11 is 0. The molecule has 0 aliphatic heterocycles. The molecule has 0 aliphatic carbocycles. The predicted molar refractivity (Wildman–Crippen MR) is 245 cm³/mol. The maximum atomic E-state index is 14.5. The molecule has 1 aromatic heterocycles. The number of carbonyl (C=O) groups is 5. The zero-order valence-electron chi connectivity index (χ0n) is 35.5. The van der Waals surface area contributed by atoms with Crippen molar-refractivity contribution in [1.82, 2.24) is 26.3 Å². The number of primary amides is 1. The van der Waals surface area contributed by atoms with E-state index in [4.69, 9.17) is 27.7 Å². The number of unbranched alkanes of at least 4 members (excludes halogenated alkanes) is 3. The number of aromatic nitrogens is 1. The molecular formula is C47H60N10O6. The summed E-state index contributed by atoms with van der Waals surface area (Å²) in [6.45, 7) is 0.740. The molecule has 16 heteroatoms. The van der Waals surface area contributed by atoms with Gasteiger partial charge in [-0.2, -0.15) is 0 Å². The summed E-state index contributed by atoms with van der Waals surface area (Å²) in [5, 5.41) is 14.0. The first kappa shape index (κ1) is 47.3. The number of hydrogen-bond donors (Lipinski definition) is 9. The highest BCUT2D eigenvalue weighted by molar-refractivity contribution is 5.96. The largest absolute Gasteiger partial charge is 0.374 e. The average molecular weight is 861 g/mol. The molecule has 0 fully saturated rings. The molecule has 0 unspecified atom stereocenters. The Labute approximate surface area is 367 Å². The SMILES string of the molecule is NCCCCCCC(=O)N[C@@H](COCc1ccccc1)C(=O)N[C@H](Cc1ccc2ccccc2c1)C(=O)N[C@@H](CCCN=C(N)N)C(=O)N[C@@H](Cc1c[nH]c2ccccc12)C(N)=O. The van der Waals surface area contributed by atoms with Crippen molar-refractivity contribution in [3.8, 4) is 0 Å². The number of nitrogens with one attached hydrogen (secondary N) is 5. The number of aromatic amines is 1. The van der Waals surface area contributed by atoms with Crippen LogP contribution in [0.5, 0.6) is 0 Å². The smallest absolute Gasteiger partial charge is 0.245 e. The number of hydrogen-bond acceptors (Lipinski definition) is 8. The first-order chi connectivity index (χ1) is 30.5. The van der Waals surface area contributed by atoms with Crippen LogP contribution in [0.25, 0.3) is 21.7 Å². The number of aliphatic imine (C=N–C) groups is 1. The molecule has 334 valence electrons. The van der Waals surface area contributed by atoms with Crippen molar-refractivity contribution in [2.45, 2.75) is 88.6 Å². The number of para-hydroxylation sites is 1. The third-order valence-corrected chi connectivity index (χ3v) is 10.6. The van der Waals surface area contributed by atoms with Gasteiger partial charge in [-0.25, -0.2) is 0 Å². The van der Waals surface area contributed by atoms with Crippen LogP contribution in [0.1, 0.15) is 61.6 Å². The second-order valence-electron chi connectivity index (χ2n) is 15.6. The van der Waals surface area contributed by atoms with Gasteiger partial charge in [0.2, 0.25) is 29.5 Å². The monoisotopic (exact) mass is 860 g/mol. The van der Waals surface area contributed by atoms with Crippen LogP contribution in [0.15, 0.2) is 108 Å². The van der Waals surface area contributed by atoms with E-state index in [-0.39, 0.29) is 63.7 Å². The van der Waals surface area contributed by atoms with Gasteiger partial charge in [-0.15, -0.1) is 0 Å². The van der Waals surface area contributed by atoms with E-state index >= 15 is 0 Å². The number of carbonyl (C=O) groups excluding carboxylic acids is 5. The number of nitrogens with two attached hydrogens (primary N) is 4. The molecule has 4 aromatic carbocycles. The van der Waals surface area contributed by atoms with Gasteiger partial charge in [-0.3, -0.25) is 29.0 Å². The average Bonchev–Trinajstić information content (AvgIpc) is 3.69. The molecule has 0 saturated heterocycles. The lowest BCUT2D eigenvalue weighted by atomic mass is 10.00. The van der Waals surface area contributed by atoms with Gasteiger partial charge < -0.3 is 53.9 Å². The number of ether oxygens (including phenoxy) is 1. The fraction of sp³-hybridized carbons (Fsp3) is 0.362. The van der Waals surface area contributed by atoms with Gasteiger partial charge >= 0.3 is 0 Å². The van der Waals surface area contributed by atoms with Crippen molar-refractivity contribution in [2.24, 2.45) is 27.9 Å². The van der Waals surface area contributed by atoms with E-state index in [9.17, 15) is 24.0 Å². The van der Waals surface area contributed by atoms with Gasteiger partial charge in [-0.05, 0) is 65.8 Å². The van der Waals surface area contributed by atoms with Crippen LogP contribution in [-0.2, 0) is 48.2 Å². The maximum Gasteiger partial charge on any atom is 0.245 e. The van der Waals surface area contributed by atoms with Crippen LogP contribution >= 0.6 is 0 Å². The lowest BCUT2D eigenvalue weighted by Gasteiger charge is -2.26. The van der Waals surface area contributed by atoms with E-state index in [1.807, 2.05) is 97.1 Å². The first-order valence-corrected chi connectivity index (χ1v) is 21.4. The number of amides is 5. The van der Waals surface area contributed by atoms with Crippen LogP contribution in [0.4, 0.5) is 0 Å². The van der Waals surface area contributed by atoms with Crippen molar-refractivity contribution in [1.29, 1.82) is 0 Å². The molecule has 1 heterocycles. The normalized spacial score (nSPS) is 13.0. The minimum atomic E-state index is -1.23. The van der Waals surface area contributed by atoms with Crippen LogP contribution < -0.4 is 44.2 Å². The summed E-state index contributed by atoms with van der Waals surface area (Å²) in [4.78, 5) is 76.0. The molecule has 0 saturated carbocycles. The molecule has 16 nitrogen and oxygen atoms in total. The number of fused-ring (bicyclic) bond motifs is 2. The Hall–Kier alpha value is -6.78. The molecule has 5 aromatic rings. The molecule has 63 heavy (non-hydrogen) atoms. The van der Waals surface area contributed by atoms with E-state index in [0.29, 0.717) is 13.0 Å². The highest BCUT2D eigenvalue weighted by Gasteiger charge is 2.32. The third kappa shape index (κ3) is 15.3. The standard InChI is InChI=1S/C47H60N10O6/c48-23-11-2-1-6-20-42(58)54-41(30-63-29-31-13-4-3-5-14-31)46(62)57-40(26-32-21-22-33-15-7-8-16-34(33)25-32)45(61)55-38(19-12-24-52-47(50)51)44(60)56-39(43(49)59)27-35-28-53-37-18-10-9-17-36(35)37/h3-5,7-10,13-18,21-22,25,28,38-41,53H,1-2,6,11-12,19-20,23-24,26-27,29-30,48H2,(H2,49,59)(H,54,58)(H,55,61)(H,56,60)(H,57,62)(H4,50,51,52)/t38-,39-,40+,41-/m0/s1. The molecule has 4 atom stereocenters. The summed E-state index contributed by atoms with van der Waals surface area (Å²) in [5.41, 5.74) is 25.8. The molecule has 0 bridgehead atoms. The number of nitrogens with zero attached hydrogens (tertiary/aromatic N) is 1. The fourth-order valence-electron chi connectivity index (χ4n) is 7.24. The van der Waals surface area contributed by atoms with E-state index < -0.39 is 47.8 Å². The number of benzene rings is 4. The van der Waals surface area contributed by atoms with Gasteiger partial charge in [0, 0.05) is 42.9 Å². The highest BCUT2D eigenvalue weighted by atomic mass is 16.5. The minimum absolute atomic E-state index is 0.0297. The van der Waals surface area contributed by atoms with Gasteiger partial charge in [0.1, 0.15) is 24.2 Å². The molecule has 5 rings (SSSR count).